The number of hydrogen-bond donors (Lipinski definition) is 1. The van der Waals surface area contributed by atoms with Crippen LogP contribution < -0.4 is 15.2 Å². The fourth-order valence-electron chi connectivity index (χ4n) is 1.83. The number of halogens is 1. The number of hydrogen-bond acceptors (Lipinski definition) is 3. The second kappa shape index (κ2) is 7.43. The van der Waals surface area contributed by atoms with Crippen molar-refractivity contribution < 1.29 is 9.47 Å². The van der Waals surface area contributed by atoms with Gasteiger partial charge in [-0.1, -0.05) is 40.3 Å². The van der Waals surface area contributed by atoms with Crippen molar-refractivity contribution in [2.24, 2.45) is 5.73 Å². The van der Waals surface area contributed by atoms with E-state index in [4.69, 9.17) is 27.4 Å². The number of rotatable bonds is 6. The molecule has 110 valence electrons. The van der Waals surface area contributed by atoms with Crippen LogP contribution >= 0.6 is 28.1 Å². The summed E-state index contributed by atoms with van der Waals surface area (Å²) in [6, 6.07) is 13.3. The van der Waals surface area contributed by atoms with Gasteiger partial charge in [0.15, 0.2) is 0 Å². The third kappa shape index (κ3) is 4.72. The first-order valence-corrected chi connectivity index (χ1v) is 7.68. The molecule has 0 spiro atoms. The van der Waals surface area contributed by atoms with Crippen molar-refractivity contribution in [3.05, 3.63) is 58.1 Å². The predicted molar refractivity (Wildman–Crippen MR) is 92.2 cm³/mol. The van der Waals surface area contributed by atoms with Gasteiger partial charge >= 0.3 is 0 Å². The molecule has 0 saturated heterocycles. The van der Waals surface area contributed by atoms with Gasteiger partial charge in [-0.2, -0.15) is 0 Å². The largest absolute Gasteiger partial charge is 0.490 e. The molecule has 0 fully saturated rings. The van der Waals surface area contributed by atoms with Crippen LogP contribution in [0.15, 0.2) is 46.9 Å². The lowest BCUT2D eigenvalue weighted by molar-refractivity contribution is 0.216. The minimum atomic E-state index is 0.363. The van der Waals surface area contributed by atoms with Crippen molar-refractivity contribution in [3.63, 3.8) is 0 Å². The second-order valence-electron chi connectivity index (χ2n) is 4.50. The van der Waals surface area contributed by atoms with Crippen LogP contribution in [0, 0.1) is 6.92 Å². The summed E-state index contributed by atoms with van der Waals surface area (Å²) in [5.74, 6) is 1.59. The summed E-state index contributed by atoms with van der Waals surface area (Å²) in [5, 5.41) is 0. The lowest BCUT2D eigenvalue weighted by Crippen LogP contribution is -2.11. The van der Waals surface area contributed by atoms with Gasteiger partial charge in [0, 0.05) is 10.0 Å². The minimum Gasteiger partial charge on any atom is -0.490 e. The van der Waals surface area contributed by atoms with Crippen molar-refractivity contribution in [1.29, 1.82) is 0 Å². The van der Waals surface area contributed by atoms with Crippen molar-refractivity contribution in [2.45, 2.75) is 6.92 Å². The van der Waals surface area contributed by atoms with Crippen LogP contribution in [-0.4, -0.2) is 18.2 Å². The van der Waals surface area contributed by atoms with Gasteiger partial charge in [0.05, 0.1) is 0 Å². The smallest absolute Gasteiger partial charge is 0.122 e. The summed E-state index contributed by atoms with van der Waals surface area (Å²) in [5.41, 5.74) is 7.47. The minimum absolute atomic E-state index is 0.363. The van der Waals surface area contributed by atoms with Crippen LogP contribution in [0.1, 0.15) is 11.1 Å². The van der Waals surface area contributed by atoms with Crippen molar-refractivity contribution in [2.75, 3.05) is 13.2 Å². The molecule has 0 amide bonds. The molecule has 0 aliphatic carbocycles. The molecule has 0 bridgehead atoms. The molecule has 0 aliphatic heterocycles. The van der Waals surface area contributed by atoms with E-state index in [-0.39, 0.29) is 0 Å². The number of ether oxygens (including phenoxy) is 2. The average Bonchev–Trinajstić information content (AvgIpc) is 2.45. The molecule has 0 atom stereocenters. The quantitative estimate of drug-likeness (QED) is 0.623. The average molecular weight is 366 g/mol. The number of benzene rings is 2. The molecule has 2 aromatic carbocycles. The van der Waals surface area contributed by atoms with Gasteiger partial charge < -0.3 is 15.2 Å². The van der Waals surface area contributed by atoms with Gasteiger partial charge in [-0.05, 0) is 42.8 Å². The number of thiocarbonyl (C=S) groups is 1. The zero-order valence-corrected chi connectivity index (χ0v) is 14.0. The van der Waals surface area contributed by atoms with E-state index in [1.807, 2.05) is 49.4 Å². The van der Waals surface area contributed by atoms with Gasteiger partial charge in [0.2, 0.25) is 0 Å². The van der Waals surface area contributed by atoms with Crippen LogP contribution in [0.4, 0.5) is 0 Å². The first kappa shape index (κ1) is 15.8. The zero-order valence-electron chi connectivity index (χ0n) is 11.6. The molecule has 3 nitrogen and oxygen atoms in total. The van der Waals surface area contributed by atoms with Gasteiger partial charge in [-0.15, -0.1) is 0 Å². The van der Waals surface area contributed by atoms with Gasteiger partial charge in [0.25, 0.3) is 0 Å². The first-order valence-electron chi connectivity index (χ1n) is 6.48. The van der Waals surface area contributed by atoms with Crippen LogP contribution in [0.25, 0.3) is 0 Å². The Morgan fingerprint density at radius 2 is 1.90 bits per heavy atom. The highest BCUT2D eigenvalue weighted by atomic mass is 79.9. The predicted octanol–water partition coefficient (Wildman–Crippen LogP) is 3.85. The molecule has 5 heteroatoms. The summed E-state index contributed by atoms with van der Waals surface area (Å²) in [6.45, 7) is 2.93. The maximum absolute atomic E-state index is 5.69. The summed E-state index contributed by atoms with van der Waals surface area (Å²) < 4.78 is 12.4. The summed E-state index contributed by atoms with van der Waals surface area (Å²) in [4.78, 5) is 0.363. The monoisotopic (exact) mass is 365 g/mol. The van der Waals surface area contributed by atoms with E-state index >= 15 is 0 Å². The Balaban J connectivity index is 1.84. The number of nitrogens with two attached hydrogens (primary N) is 1. The highest BCUT2D eigenvalue weighted by Gasteiger charge is 2.02. The highest BCUT2D eigenvalue weighted by molar-refractivity contribution is 9.10. The zero-order chi connectivity index (χ0) is 15.2. The fraction of sp³-hybridized carbons (Fsp3) is 0.188. The molecular weight excluding hydrogens is 350 g/mol. The topological polar surface area (TPSA) is 44.5 Å². The maximum atomic E-state index is 5.69. The van der Waals surface area contributed by atoms with E-state index in [9.17, 15) is 0 Å². The highest BCUT2D eigenvalue weighted by Crippen LogP contribution is 2.22. The Morgan fingerprint density at radius 3 is 2.62 bits per heavy atom. The standard InChI is InChI=1S/C16H16BrNO2S/c1-11-9-13(17)5-6-15(11)20-8-7-19-14-4-2-3-12(10-14)16(18)21/h2-6,9-10H,7-8H2,1H3,(H2,18,21). The van der Waals surface area contributed by atoms with Gasteiger partial charge in [0.1, 0.15) is 29.7 Å². The molecule has 0 aromatic heterocycles. The maximum Gasteiger partial charge on any atom is 0.122 e. The molecule has 0 aliphatic rings. The Bertz CT molecular complexity index is 646. The molecule has 0 saturated carbocycles. The molecule has 0 unspecified atom stereocenters. The van der Waals surface area contributed by atoms with Crippen molar-refractivity contribution in [3.8, 4) is 11.5 Å². The SMILES string of the molecule is Cc1cc(Br)ccc1OCCOc1cccc(C(N)=S)c1. The molecule has 0 heterocycles. The summed E-state index contributed by atoms with van der Waals surface area (Å²) >= 11 is 8.37. The molecule has 2 rings (SSSR count). The Hall–Kier alpha value is -1.59. The normalized spacial score (nSPS) is 10.2. The molecule has 21 heavy (non-hydrogen) atoms. The van der Waals surface area contributed by atoms with E-state index in [2.05, 4.69) is 15.9 Å². The van der Waals surface area contributed by atoms with Crippen molar-refractivity contribution >= 4 is 33.1 Å². The molecule has 0 radical (unpaired) electrons. The Morgan fingerprint density at radius 1 is 1.14 bits per heavy atom. The number of aryl methyl sites for hydroxylation is 1. The van der Waals surface area contributed by atoms with Crippen LogP contribution in [-0.2, 0) is 0 Å². The van der Waals surface area contributed by atoms with E-state index in [0.29, 0.717) is 18.2 Å². The van der Waals surface area contributed by atoms with Crippen LogP contribution in [0.3, 0.4) is 0 Å². The van der Waals surface area contributed by atoms with Gasteiger partial charge in [-0.3, -0.25) is 0 Å². The van der Waals surface area contributed by atoms with Crippen LogP contribution in [0.5, 0.6) is 11.5 Å². The summed E-state index contributed by atoms with van der Waals surface area (Å²) in [6.07, 6.45) is 0. The second-order valence-corrected chi connectivity index (χ2v) is 5.85. The van der Waals surface area contributed by atoms with E-state index in [0.717, 1.165) is 27.1 Å². The van der Waals surface area contributed by atoms with E-state index in [1.165, 1.54) is 0 Å². The van der Waals surface area contributed by atoms with Gasteiger partial charge in [-0.25, -0.2) is 0 Å². The fourth-order valence-corrected chi connectivity index (χ4v) is 2.43. The third-order valence-corrected chi connectivity index (χ3v) is 3.59. The molecular formula is C16H16BrNO2S. The summed E-state index contributed by atoms with van der Waals surface area (Å²) in [7, 11) is 0. The lowest BCUT2D eigenvalue weighted by Gasteiger charge is -2.11. The van der Waals surface area contributed by atoms with Crippen LogP contribution in [0.2, 0.25) is 0 Å². The Kier molecular flexibility index (Phi) is 5.59. The lowest BCUT2D eigenvalue weighted by atomic mass is 10.2. The molecule has 2 aromatic rings. The molecule has 2 N–H and O–H groups in total. The first-order chi connectivity index (χ1) is 10.1. The van der Waals surface area contributed by atoms with Crippen molar-refractivity contribution in [1.82, 2.24) is 0 Å². The van der Waals surface area contributed by atoms with E-state index < -0.39 is 0 Å². The van der Waals surface area contributed by atoms with E-state index in [1.54, 1.807) is 0 Å². The Labute approximate surface area is 138 Å². The third-order valence-electron chi connectivity index (χ3n) is 2.87.